The first-order chi connectivity index (χ1) is 15.3. The molecule has 1 saturated carbocycles. The number of hydrogen-bond donors (Lipinski definition) is 4. The first-order valence-corrected chi connectivity index (χ1v) is 10.9. The van der Waals surface area contributed by atoms with Crippen LogP contribution in [-0.2, 0) is 11.3 Å². The fourth-order valence-electron chi connectivity index (χ4n) is 4.58. The van der Waals surface area contributed by atoms with E-state index in [9.17, 15) is 9.90 Å². The van der Waals surface area contributed by atoms with E-state index in [0.717, 1.165) is 47.7 Å². The van der Waals surface area contributed by atoms with Crippen LogP contribution in [0.1, 0.15) is 49.3 Å². The minimum Gasteiger partial charge on any atom is -0.508 e. The molecule has 0 unspecified atom stereocenters. The second-order valence-corrected chi connectivity index (χ2v) is 8.46. The Kier molecular flexibility index (Phi) is 7.43. The van der Waals surface area contributed by atoms with E-state index in [1.165, 1.54) is 0 Å². The Morgan fingerprint density at radius 3 is 2.64 bits per heavy atom. The van der Waals surface area contributed by atoms with Crippen molar-refractivity contribution in [3.8, 4) is 5.75 Å². The third-order valence-electron chi connectivity index (χ3n) is 6.21. The number of fused-ring (bicyclic) bond motifs is 1. The molecule has 174 valence electrons. The summed E-state index contributed by atoms with van der Waals surface area (Å²) in [5, 5.41) is 23.1. The molecular weight excluding hydrogens is 438 g/mol. The van der Waals surface area contributed by atoms with E-state index < -0.39 is 0 Å². The van der Waals surface area contributed by atoms with Crippen molar-refractivity contribution in [2.24, 2.45) is 5.73 Å². The molecule has 1 heterocycles. The number of aromatic nitrogens is 1. The summed E-state index contributed by atoms with van der Waals surface area (Å²) in [5.74, 6) is 0.859. The SMILES string of the molecule is CC(=O)N(c1cc2ccnc(NCc3cc(C(=N)N)ccc3O)c2cc1C)C1CCCC1.Cl. The van der Waals surface area contributed by atoms with Gasteiger partial charge in [-0.1, -0.05) is 12.8 Å². The number of carbonyl (C=O) groups excluding carboxylic acids is 1. The van der Waals surface area contributed by atoms with Gasteiger partial charge in [0.2, 0.25) is 5.91 Å². The summed E-state index contributed by atoms with van der Waals surface area (Å²) in [6.45, 7) is 4.00. The van der Waals surface area contributed by atoms with Crippen molar-refractivity contribution in [1.82, 2.24) is 4.98 Å². The molecule has 1 aliphatic rings. The highest BCUT2D eigenvalue weighted by Gasteiger charge is 2.27. The molecule has 0 bridgehead atoms. The second-order valence-electron chi connectivity index (χ2n) is 8.46. The van der Waals surface area contributed by atoms with Crippen LogP contribution in [0, 0.1) is 12.3 Å². The highest BCUT2D eigenvalue weighted by molar-refractivity contribution is 6.00. The van der Waals surface area contributed by atoms with E-state index in [-0.39, 0.29) is 35.9 Å². The monoisotopic (exact) mass is 467 g/mol. The number of nitrogens with zero attached hydrogens (tertiary/aromatic N) is 2. The van der Waals surface area contributed by atoms with E-state index in [1.54, 1.807) is 31.3 Å². The molecule has 1 aliphatic carbocycles. The molecule has 5 N–H and O–H groups in total. The van der Waals surface area contributed by atoms with Crippen molar-refractivity contribution in [2.75, 3.05) is 10.2 Å². The molecule has 1 amide bonds. The number of anilines is 2. The van der Waals surface area contributed by atoms with Gasteiger partial charge in [0.1, 0.15) is 17.4 Å². The number of amidine groups is 1. The average Bonchev–Trinajstić information content (AvgIpc) is 3.27. The lowest BCUT2D eigenvalue weighted by atomic mass is 10.0. The molecule has 3 aromatic rings. The number of nitrogens with two attached hydrogens (primary N) is 1. The zero-order chi connectivity index (χ0) is 22.8. The zero-order valence-corrected chi connectivity index (χ0v) is 19.7. The Morgan fingerprint density at radius 2 is 1.97 bits per heavy atom. The van der Waals surface area contributed by atoms with E-state index in [2.05, 4.69) is 22.4 Å². The Labute approximate surface area is 199 Å². The van der Waals surface area contributed by atoms with Gasteiger partial charge in [-0.15, -0.1) is 12.4 Å². The number of halogens is 1. The molecule has 7 nitrogen and oxygen atoms in total. The molecule has 0 spiro atoms. The van der Waals surface area contributed by atoms with E-state index in [0.29, 0.717) is 23.5 Å². The molecular formula is C25H30ClN5O2. The lowest BCUT2D eigenvalue weighted by Gasteiger charge is -2.30. The normalized spacial score (nSPS) is 13.5. The number of aromatic hydroxyl groups is 1. The summed E-state index contributed by atoms with van der Waals surface area (Å²) in [6, 6.07) is 11.2. The van der Waals surface area contributed by atoms with Gasteiger partial charge in [-0.2, -0.15) is 0 Å². The van der Waals surface area contributed by atoms with Crippen LogP contribution in [0.4, 0.5) is 11.5 Å². The summed E-state index contributed by atoms with van der Waals surface area (Å²) in [5.41, 5.74) is 8.75. The summed E-state index contributed by atoms with van der Waals surface area (Å²) < 4.78 is 0. The van der Waals surface area contributed by atoms with Gasteiger partial charge in [-0.3, -0.25) is 10.2 Å². The lowest BCUT2D eigenvalue weighted by molar-refractivity contribution is -0.117. The number of nitrogens with one attached hydrogen (secondary N) is 2. The minimum absolute atomic E-state index is 0. The van der Waals surface area contributed by atoms with Gasteiger partial charge in [0.15, 0.2) is 0 Å². The van der Waals surface area contributed by atoms with Crippen molar-refractivity contribution in [3.63, 3.8) is 0 Å². The van der Waals surface area contributed by atoms with Gasteiger partial charge in [0, 0.05) is 47.9 Å². The van der Waals surface area contributed by atoms with Crippen molar-refractivity contribution in [1.29, 1.82) is 5.41 Å². The van der Waals surface area contributed by atoms with E-state index in [4.69, 9.17) is 11.1 Å². The molecule has 0 saturated heterocycles. The summed E-state index contributed by atoms with van der Waals surface area (Å²) in [7, 11) is 0. The number of nitrogen functional groups attached to an aromatic ring is 1. The molecule has 33 heavy (non-hydrogen) atoms. The van der Waals surface area contributed by atoms with Gasteiger partial charge in [0.25, 0.3) is 0 Å². The minimum atomic E-state index is -0.0463. The first kappa shape index (κ1) is 24.3. The van der Waals surface area contributed by atoms with Crippen LogP contribution in [0.2, 0.25) is 0 Å². The largest absolute Gasteiger partial charge is 0.508 e. The van der Waals surface area contributed by atoms with Crippen LogP contribution in [0.3, 0.4) is 0 Å². The Balaban J connectivity index is 0.00000306. The van der Waals surface area contributed by atoms with Gasteiger partial charge >= 0.3 is 0 Å². The smallest absolute Gasteiger partial charge is 0.224 e. The second kappa shape index (κ2) is 10.1. The molecule has 0 radical (unpaired) electrons. The van der Waals surface area contributed by atoms with Crippen LogP contribution in [0.15, 0.2) is 42.6 Å². The highest BCUT2D eigenvalue weighted by atomic mass is 35.5. The molecule has 2 aromatic carbocycles. The van der Waals surface area contributed by atoms with E-state index in [1.807, 2.05) is 17.9 Å². The molecule has 4 rings (SSSR count). The number of rotatable bonds is 6. The fraction of sp³-hybridized carbons (Fsp3) is 0.320. The van der Waals surface area contributed by atoms with Gasteiger partial charge in [0.05, 0.1) is 0 Å². The lowest BCUT2D eigenvalue weighted by Crippen LogP contribution is -2.37. The number of benzene rings is 2. The molecule has 8 heteroatoms. The predicted octanol–water partition coefficient (Wildman–Crippen LogP) is 4.86. The van der Waals surface area contributed by atoms with Crippen LogP contribution in [0.25, 0.3) is 10.8 Å². The zero-order valence-electron chi connectivity index (χ0n) is 18.9. The molecule has 1 aromatic heterocycles. The number of pyridine rings is 1. The third kappa shape index (κ3) is 5.03. The molecule has 0 aliphatic heterocycles. The standard InChI is InChI=1S/C25H29N5O2.ClH/c1-15-11-21-17(13-22(15)30(16(2)31)20-5-3-4-6-20)9-10-28-25(21)29-14-19-12-18(24(26)27)7-8-23(19)32;/h7-13,20,32H,3-6,14H2,1-2H3,(H3,26,27)(H,28,29);1H. The van der Waals surface area contributed by atoms with E-state index >= 15 is 0 Å². The van der Waals surface area contributed by atoms with Crippen molar-refractivity contribution in [2.45, 2.75) is 52.1 Å². The Bertz CT molecular complexity index is 1190. The maximum Gasteiger partial charge on any atom is 0.224 e. The summed E-state index contributed by atoms with van der Waals surface area (Å²) in [6.07, 6.45) is 6.16. The Hall–Kier alpha value is -3.32. The number of amides is 1. The highest BCUT2D eigenvalue weighted by Crippen LogP contribution is 2.35. The van der Waals surface area contributed by atoms with Crippen LogP contribution < -0.4 is 16.0 Å². The number of phenols is 1. The number of phenolic OH excluding ortho intramolecular Hbond substituents is 1. The van der Waals surface area contributed by atoms with Crippen LogP contribution >= 0.6 is 12.4 Å². The Morgan fingerprint density at radius 1 is 1.24 bits per heavy atom. The fourth-order valence-corrected chi connectivity index (χ4v) is 4.58. The van der Waals surface area contributed by atoms with Crippen LogP contribution in [-0.4, -0.2) is 27.9 Å². The predicted molar refractivity (Wildman–Crippen MR) is 136 cm³/mol. The number of hydrogen-bond acceptors (Lipinski definition) is 5. The summed E-state index contributed by atoms with van der Waals surface area (Å²) >= 11 is 0. The average molecular weight is 468 g/mol. The number of carbonyl (C=O) groups is 1. The van der Waals surface area contributed by atoms with Crippen molar-refractivity contribution >= 4 is 46.4 Å². The maximum atomic E-state index is 12.5. The molecule has 1 fully saturated rings. The summed E-state index contributed by atoms with van der Waals surface area (Å²) in [4.78, 5) is 19.0. The molecule has 0 atom stereocenters. The van der Waals surface area contributed by atoms with Crippen molar-refractivity contribution < 1.29 is 9.90 Å². The van der Waals surface area contributed by atoms with Crippen LogP contribution in [0.5, 0.6) is 5.75 Å². The van der Waals surface area contributed by atoms with Crippen molar-refractivity contribution in [3.05, 3.63) is 59.3 Å². The number of aryl methyl sites for hydroxylation is 1. The van der Waals surface area contributed by atoms with Gasteiger partial charge < -0.3 is 21.1 Å². The topological polar surface area (TPSA) is 115 Å². The quantitative estimate of drug-likeness (QED) is 0.305. The van der Waals surface area contributed by atoms with Gasteiger partial charge in [-0.05, 0) is 67.1 Å². The first-order valence-electron chi connectivity index (χ1n) is 10.9. The van der Waals surface area contributed by atoms with Gasteiger partial charge in [-0.25, -0.2) is 4.98 Å². The maximum absolute atomic E-state index is 12.5. The third-order valence-corrected chi connectivity index (χ3v) is 6.21.